The number of halogens is 1. The summed E-state index contributed by atoms with van der Waals surface area (Å²) in [7, 11) is 0. The molecule has 26 heavy (non-hydrogen) atoms. The Morgan fingerprint density at radius 2 is 1.88 bits per heavy atom. The molecule has 0 radical (unpaired) electrons. The van der Waals surface area contributed by atoms with Gasteiger partial charge in [0.05, 0.1) is 18.8 Å². The van der Waals surface area contributed by atoms with Crippen LogP contribution in [0.4, 0.5) is 5.69 Å². The molecular formula is C19H19ClN2O4. The van der Waals surface area contributed by atoms with Crippen LogP contribution in [0.1, 0.15) is 10.4 Å². The molecule has 2 aromatic rings. The molecule has 1 aliphatic heterocycles. The molecule has 1 saturated heterocycles. The first-order chi connectivity index (χ1) is 12.6. The van der Waals surface area contributed by atoms with E-state index >= 15 is 0 Å². The van der Waals surface area contributed by atoms with Gasteiger partial charge in [-0.1, -0.05) is 29.8 Å². The van der Waals surface area contributed by atoms with Gasteiger partial charge in [0.25, 0.3) is 11.8 Å². The quantitative estimate of drug-likeness (QED) is 0.873. The van der Waals surface area contributed by atoms with Crippen LogP contribution < -0.4 is 10.1 Å². The van der Waals surface area contributed by atoms with Crippen LogP contribution in [-0.2, 0) is 9.53 Å². The lowest BCUT2D eigenvalue weighted by atomic mass is 10.1. The van der Waals surface area contributed by atoms with Crippen molar-refractivity contribution in [2.24, 2.45) is 0 Å². The number of benzene rings is 2. The molecule has 0 spiro atoms. The van der Waals surface area contributed by atoms with Crippen molar-refractivity contribution in [2.45, 2.75) is 0 Å². The number of carbonyl (C=O) groups is 2. The molecule has 0 aromatic heterocycles. The number of nitrogens with zero attached hydrogens (tertiary/aromatic N) is 1. The van der Waals surface area contributed by atoms with Crippen LogP contribution in [0.15, 0.2) is 48.5 Å². The lowest BCUT2D eigenvalue weighted by Crippen LogP contribution is -2.40. The molecular weight excluding hydrogens is 356 g/mol. The molecule has 1 heterocycles. The molecule has 7 heteroatoms. The van der Waals surface area contributed by atoms with Crippen molar-refractivity contribution in [1.82, 2.24) is 4.90 Å². The average Bonchev–Trinajstić information content (AvgIpc) is 2.67. The van der Waals surface area contributed by atoms with Crippen LogP contribution >= 0.6 is 11.6 Å². The first kappa shape index (κ1) is 18.2. The van der Waals surface area contributed by atoms with Crippen LogP contribution in [0, 0.1) is 0 Å². The van der Waals surface area contributed by atoms with Gasteiger partial charge in [-0.3, -0.25) is 9.59 Å². The molecule has 0 saturated carbocycles. The Hall–Kier alpha value is -2.57. The van der Waals surface area contributed by atoms with E-state index < -0.39 is 0 Å². The Labute approximate surface area is 156 Å². The van der Waals surface area contributed by atoms with Crippen molar-refractivity contribution >= 4 is 29.1 Å². The number of hydrogen-bond acceptors (Lipinski definition) is 4. The third-order valence-electron chi connectivity index (χ3n) is 3.88. The first-order valence-electron chi connectivity index (χ1n) is 8.28. The summed E-state index contributed by atoms with van der Waals surface area (Å²) in [5, 5.41) is 3.24. The van der Waals surface area contributed by atoms with Gasteiger partial charge in [-0.15, -0.1) is 0 Å². The highest BCUT2D eigenvalue weighted by Crippen LogP contribution is 2.21. The molecule has 6 nitrogen and oxygen atoms in total. The molecule has 1 fully saturated rings. The monoisotopic (exact) mass is 374 g/mol. The number of nitrogens with one attached hydrogen (secondary N) is 1. The highest BCUT2D eigenvalue weighted by Gasteiger charge is 2.21. The Morgan fingerprint density at radius 1 is 1.12 bits per heavy atom. The summed E-state index contributed by atoms with van der Waals surface area (Å²) in [6.07, 6.45) is 0. The van der Waals surface area contributed by atoms with Gasteiger partial charge < -0.3 is 19.7 Å². The van der Waals surface area contributed by atoms with Gasteiger partial charge in [-0.05, 0) is 30.3 Å². The summed E-state index contributed by atoms with van der Waals surface area (Å²) in [5.41, 5.74) is 1.02. The first-order valence-corrected chi connectivity index (χ1v) is 8.65. The van der Waals surface area contributed by atoms with Crippen molar-refractivity contribution in [2.75, 3.05) is 38.2 Å². The predicted molar refractivity (Wildman–Crippen MR) is 98.7 cm³/mol. The molecule has 0 bridgehead atoms. The predicted octanol–water partition coefficient (Wildman–Crippen LogP) is 2.83. The molecule has 0 aliphatic carbocycles. The van der Waals surface area contributed by atoms with E-state index in [1.54, 1.807) is 53.4 Å². The fourth-order valence-corrected chi connectivity index (χ4v) is 2.80. The molecule has 1 N–H and O–H groups in total. The van der Waals surface area contributed by atoms with E-state index in [1.807, 2.05) is 0 Å². The van der Waals surface area contributed by atoms with E-state index in [1.165, 1.54) is 0 Å². The summed E-state index contributed by atoms with van der Waals surface area (Å²) < 4.78 is 10.9. The van der Waals surface area contributed by atoms with Gasteiger partial charge in [-0.2, -0.15) is 0 Å². The lowest BCUT2D eigenvalue weighted by Gasteiger charge is -2.27. The topological polar surface area (TPSA) is 67.9 Å². The zero-order valence-electron chi connectivity index (χ0n) is 14.1. The fraction of sp³-hybridized carbons (Fsp3) is 0.263. The number of ether oxygens (including phenoxy) is 2. The highest BCUT2D eigenvalue weighted by atomic mass is 35.5. The van der Waals surface area contributed by atoms with Gasteiger partial charge in [0.2, 0.25) is 0 Å². The summed E-state index contributed by atoms with van der Waals surface area (Å²) >= 11 is 5.90. The zero-order valence-corrected chi connectivity index (χ0v) is 14.9. The van der Waals surface area contributed by atoms with Gasteiger partial charge in [0, 0.05) is 23.8 Å². The maximum absolute atomic E-state index is 12.7. The van der Waals surface area contributed by atoms with E-state index in [0.29, 0.717) is 48.3 Å². The van der Waals surface area contributed by atoms with Gasteiger partial charge >= 0.3 is 0 Å². The van der Waals surface area contributed by atoms with Crippen LogP contribution in [0.5, 0.6) is 5.75 Å². The number of hydrogen-bond donors (Lipinski definition) is 1. The van der Waals surface area contributed by atoms with Crippen molar-refractivity contribution < 1.29 is 19.1 Å². The van der Waals surface area contributed by atoms with Crippen LogP contribution in [0.25, 0.3) is 0 Å². The molecule has 2 amide bonds. The number of carbonyl (C=O) groups excluding carboxylic acids is 2. The molecule has 0 atom stereocenters. The number of rotatable bonds is 5. The van der Waals surface area contributed by atoms with Gasteiger partial charge in [-0.25, -0.2) is 0 Å². The third-order valence-corrected chi connectivity index (χ3v) is 4.12. The van der Waals surface area contributed by atoms with E-state index in [4.69, 9.17) is 21.1 Å². The minimum absolute atomic E-state index is 0.126. The maximum atomic E-state index is 12.7. The summed E-state index contributed by atoms with van der Waals surface area (Å²) in [4.78, 5) is 26.5. The minimum atomic E-state index is -0.333. The summed E-state index contributed by atoms with van der Waals surface area (Å²) in [6.45, 7) is 1.93. The SMILES string of the molecule is O=C(COc1ccccc1C(=O)N1CCOCC1)Nc1cccc(Cl)c1. The summed E-state index contributed by atoms with van der Waals surface area (Å²) in [5.74, 6) is -0.0784. The highest BCUT2D eigenvalue weighted by molar-refractivity contribution is 6.30. The fourth-order valence-electron chi connectivity index (χ4n) is 2.61. The molecule has 1 aliphatic rings. The Kier molecular flexibility index (Phi) is 6.09. The smallest absolute Gasteiger partial charge is 0.262 e. The average molecular weight is 375 g/mol. The van der Waals surface area contributed by atoms with Gasteiger partial charge in [0.1, 0.15) is 5.75 Å². The zero-order chi connectivity index (χ0) is 18.4. The largest absolute Gasteiger partial charge is 0.483 e. The minimum Gasteiger partial charge on any atom is -0.483 e. The molecule has 136 valence electrons. The number of anilines is 1. The molecule has 0 unspecified atom stereocenters. The Morgan fingerprint density at radius 3 is 2.65 bits per heavy atom. The second-order valence-corrected chi connectivity index (χ2v) is 6.18. The van der Waals surface area contributed by atoms with Crippen molar-refractivity contribution in [3.8, 4) is 5.75 Å². The summed E-state index contributed by atoms with van der Waals surface area (Å²) in [6, 6.07) is 13.8. The van der Waals surface area contributed by atoms with Gasteiger partial charge in [0.15, 0.2) is 6.61 Å². The normalized spacial score (nSPS) is 14.0. The molecule has 3 rings (SSSR count). The molecule has 2 aromatic carbocycles. The number of para-hydroxylation sites is 1. The van der Waals surface area contributed by atoms with E-state index in [0.717, 1.165) is 0 Å². The van der Waals surface area contributed by atoms with Crippen LogP contribution in [0.2, 0.25) is 5.02 Å². The lowest BCUT2D eigenvalue weighted by molar-refractivity contribution is -0.118. The number of amides is 2. The van der Waals surface area contributed by atoms with Crippen LogP contribution in [0.3, 0.4) is 0 Å². The Bertz CT molecular complexity index is 791. The van der Waals surface area contributed by atoms with Crippen LogP contribution in [-0.4, -0.2) is 49.6 Å². The Balaban J connectivity index is 1.62. The third kappa shape index (κ3) is 4.74. The van der Waals surface area contributed by atoms with Crippen molar-refractivity contribution in [3.05, 3.63) is 59.1 Å². The second-order valence-electron chi connectivity index (χ2n) is 5.75. The van der Waals surface area contributed by atoms with E-state index in [9.17, 15) is 9.59 Å². The second kappa shape index (κ2) is 8.69. The standard InChI is InChI=1S/C19H19ClN2O4/c20-14-4-3-5-15(12-14)21-18(23)13-26-17-7-2-1-6-16(17)19(24)22-8-10-25-11-9-22/h1-7,12H,8-11,13H2,(H,21,23). The van der Waals surface area contributed by atoms with E-state index in [2.05, 4.69) is 5.32 Å². The number of morpholine rings is 1. The maximum Gasteiger partial charge on any atom is 0.262 e. The van der Waals surface area contributed by atoms with E-state index in [-0.39, 0.29) is 18.4 Å². The van der Waals surface area contributed by atoms with Crippen molar-refractivity contribution in [3.63, 3.8) is 0 Å². The van der Waals surface area contributed by atoms with Crippen molar-refractivity contribution in [1.29, 1.82) is 0 Å².